The highest BCUT2D eigenvalue weighted by atomic mass is 19.4. The maximum atomic E-state index is 13.0. The first kappa shape index (κ1) is 18.5. The van der Waals surface area contributed by atoms with Gasteiger partial charge in [-0.1, -0.05) is 12.1 Å². The highest BCUT2D eigenvalue weighted by Crippen LogP contribution is 2.31. The molecule has 0 aliphatic rings. The van der Waals surface area contributed by atoms with Crippen molar-refractivity contribution in [2.75, 3.05) is 5.32 Å². The smallest absolute Gasteiger partial charge is 0.435 e. The standard InChI is InChI=1S/C16H16F3N3O3/c1-3-22-8-12(13(21-22)16(17,18)19)14(23)20-11-6-4-5-10(7-11)9(2)15(24)25/h4-9H,3H2,1-2H3,(H,20,23)(H,24,25). The Morgan fingerprint density at radius 3 is 2.60 bits per heavy atom. The monoisotopic (exact) mass is 355 g/mol. The molecule has 0 spiro atoms. The largest absolute Gasteiger partial charge is 0.481 e. The molecule has 0 aliphatic carbocycles. The van der Waals surface area contributed by atoms with Gasteiger partial charge in [0.2, 0.25) is 0 Å². The average molecular weight is 355 g/mol. The number of anilines is 1. The molecule has 0 radical (unpaired) electrons. The van der Waals surface area contributed by atoms with E-state index < -0.39 is 35.2 Å². The zero-order valence-electron chi connectivity index (χ0n) is 13.5. The van der Waals surface area contributed by atoms with Crippen LogP contribution in [0.5, 0.6) is 0 Å². The van der Waals surface area contributed by atoms with Crippen LogP contribution in [0, 0.1) is 0 Å². The summed E-state index contributed by atoms with van der Waals surface area (Å²) < 4.78 is 40.1. The van der Waals surface area contributed by atoms with E-state index in [2.05, 4.69) is 10.4 Å². The number of aryl methyl sites for hydroxylation is 1. The summed E-state index contributed by atoms with van der Waals surface area (Å²) in [6.07, 6.45) is -3.73. The van der Waals surface area contributed by atoms with Gasteiger partial charge in [0.25, 0.3) is 5.91 Å². The van der Waals surface area contributed by atoms with Gasteiger partial charge in [-0.3, -0.25) is 14.3 Å². The van der Waals surface area contributed by atoms with Crippen LogP contribution < -0.4 is 5.32 Å². The fourth-order valence-electron chi connectivity index (χ4n) is 2.19. The highest BCUT2D eigenvalue weighted by molar-refractivity contribution is 6.05. The summed E-state index contributed by atoms with van der Waals surface area (Å²) in [5.41, 5.74) is -1.23. The van der Waals surface area contributed by atoms with Gasteiger partial charge in [0, 0.05) is 18.4 Å². The van der Waals surface area contributed by atoms with Gasteiger partial charge in [0.05, 0.1) is 11.5 Å². The number of carboxylic acid groups (broad SMARTS) is 1. The van der Waals surface area contributed by atoms with E-state index >= 15 is 0 Å². The summed E-state index contributed by atoms with van der Waals surface area (Å²) in [7, 11) is 0. The molecule has 2 N–H and O–H groups in total. The molecule has 1 unspecified atom stereocenters. The molecule has 25 heavy (non-hydrogen) atoms. The molecule has 2 rings (SSSR count). The fraction of sp³-hybridized carbons (Fsp3) is 0.312. The Morgan fingerprint density at radius 1 is 1.36 bits per heavy atom. The van der Waals surface area contributed by atoms with E-state index in [9.17, 15) is 22.8 Å². The number of carbonyl (C=O) groups is 2. The number of carbonyl (C=O) groups excluding carboxylic acids is 1. The summed E-state index contributed by atoms with van der Waals surface area (Å²) in [5, 5.41) is 14.8. The van der Waals surface area contributed by atoms with Crippen LogP contribution in [0.4, 0.5) is 18.9 Å². The molecule has 1 amide bonds. The minimum absolute atomic E-state index is 0.183. The minimum atomic E-state index is -4.76. The molecule has 0 aliphatic heterocycles. The SMILES string of the molecule is CCn1cc(C(=O)Nc2cccc(C(C)C(=O)O)c2)c(C(F)(F)F)n1. The van der Waals surface area contributed by atoms with Crippen LogP contribution in [0.3, 0.4) is 0 Å². The molecule has 2 aromatic rings. The van der Waals surface area contributed by atoms with E-state index in [0.717, 1.165) is 10.9 Å². The third-order valence-electron chi connectivity index (χ3n) is 3.61. The van der Waals surface area contributed by atoms with E-state index in [1.54, 1.807) is 13.0 Å². The second-order valence-electron chi connectivity index (χ2n) is 5.38. The Bertz CT molecular complexity index is 799. The molecular weight excluding hydrogens is 339 g/mol. The van der Waals surface area contributed by atoms with Gasteiger partial charge in [-0.25, -0.2) is 0 Å². The predicted molar refractivity (Wildman–Crippen MR) is 83.3 cm³/mol. The summed E-state index contributed by atoms with van der Waals surface area (Å²) in [4.78, 5) is 23.3. The van der Waals surface area contributed by atoms with Crippen LogP contribution in [-0.2, 0) is 17.5 Å². The number of nitrogens with one attached hydrogen (secondary N) is 1. The highest BCUT2D eigenvalue weighted by Gasteiger charge is 2.39. The minimum Gasteiger partial charge on any atom is -0.481 e. The Kier molecular flexibility index (Phi) is 5.15. The molecule has 1 heterocycles. The van der Waals surface area contributed by atoms with E-state index in [0.29, 0.717) is 5.56 Å². The van der Waals surface area contributed by atoms with Crippen LogP contribution in [0.25, 0.3) is 0 Å². The lowest BCUT2D eigenvalue weighted by molar-refractivity contribution is -0.142. The van der Waals surface area contributed by atoms with Crippen molar-refractivity contribution in [2.45, 2.75) is 32.5 Å². The number of aliphatic carboxylic acids is 1. The maximum absolute atomic E-state index is 13.0. The number of nitrogens with zero attached hydrogens (tertiary/aromatic N) is 2. The van der Waals surface area contributed by atoms with Gasteiger partial charge in [-0.2, -0.15) is 18.3 Å². The molecule has 1 aromatic heterocycles. The maximum Gasteiger partial charge on any atom is 0.435 e. The van der Waals surface area contributed by atoms with Gasteiger partial charge in [-0.05, 0) is 31.5 Å². The number of benzene rings is 1. The normalized spacial score (nSPS) is 12.7. The van der Waals surface area contributed by atoms with Crippen LogP contribution >= 0.6 is 0 Å². The third-order valence-corrected chi connectivity index (χ3v) is 3.61. The van der Waals surface area contributed by atoms with Crippen molar-refractivity contribution < 1.29 is 27.9 Å². The average Bonchev–Trinajstić information content (AvgIpc) is 2.99. The van der Waals surface area contributed by atoms with Gasteiger partial charge < -0.3 is 10.4 Å². The summed E-state index contributed by atoms with van der Waals surface area (Å²) >= 11 is 0. The van der Waals surface area contributed by atoms with Crippen molar-refractivity contribution in [1.82, 2.24) is 9.78 Å². The van der Waals surface area contributed by atoms with Crippen LogP contribution in [0.15, 0.2) is 30.5 Å². The van der Waals surface area contributed by atoms with Crippen LogP contribution in [0.1, 0.15) is 41.4 Å². The first-order valence-electron chi connectivity index (χ1n) is 7.42. The molecule has 0 bridgehead atoms. The van der Waals surface area contributed by atoms with Crippen molar-refractivity contribution in [3.63, 3.8) is 0 Å². The van der Waals surface area contributed by atoms with Gasteiger partial charge in [0.1, 0.15) is 0 Å². The summed E-state index contributed by atoms with van der Waals surface area (Å²) in [6.45, 7) is 3.25. The first-order valence-corrected chi connectivity index (χ1v) is 7.42. The number of hydrogen-bond acceptors (Lipinski definition) is 3. The first-order chi connectivity index (χ1) is 11.6. The zero-order chi connectivity index (χ0) is 18.8. The number of rotatable bonds is 5. The third kappa shape index (κ3) is 4.17. The van der Waals surface area contributed by atoms with Crippen molar-refractivity contribution in [1.29, 1.82) is 0 Å². The number of halogens is 3. The number of amides is 1. The lowest BCUT2D eigenvalue weighted by Gasteiger charge is -2.10. The van der Waals surface area contributed by atoms with Gasteiger partial charge in [-0.15, -0.1) is 0 Å². The molecule has 1 atom stereocenters. The molecule has 9 heteroatoms. The fourth-order valence-corrected chi connectivity index (χ4v) is 2.19. The lowest BCUT2D eigenvalue weighted by Crippen LogP contribution is -2.18. The lowest BCUT2D eigenvalue weighted by atomic mass is 10.0. The Balaban J connectivity index is 2.30. The van der Waals surface area contributed by atoms with Crippen LogP contribution in [-0.4, -0.2) is 26.8 Å². The topological polar surface area (TPSA) is 84.2 Å². The van der Waals surface area contributed by atoms with E-state index in [1.165, 1.54) is 25.1 Å². The van der Waals surface area contributed by atoms with Crippen molar-refractivity contribution in [3.8, 4) is 0 Å². The van der Waals surface area contributed by atoms with Crippen LogP contribution in [0.2, 0.25) is 0 Å². The van der Waals surface area contributed by atoms with E-state index in [1.807, 2.05) is 0 Å². The molecule has 0 saturated heterocycles. The molecule has 0 fully saturated rings. The second kappa shape index (κ2) is 6.96. The van der Waals surface area contributed by atoms with Gasteiger partial charge >= 0.3 is 12.1 Å². The Labute approximate surface area is 141 Å². The Morgan fingerprint density at radius 2 is 2.04 bits per heavy atom. The number of hydrogen-bond donors (Lipinski definition) is 2. The number of carboxylic acids is 1. The van der Waals surface area contributed by atoms with Crippen molar-refractivity contribution >= 4 is 17.6 Å². The van der Waals surface area contributed by atoms with Gasteiger partial charge in [0.15, 0.2) is 5.69 Å². The second-order valence-corrected chi connectivity index (χ2v) is 5.38. The molecule has 0 saturated carbocycles. The van der Waals surface area contributed by atoms with E-state index in [-0.39, 0.29) is 12.2 Å². The molecular formula is C16H16F3N3O3. The summed E-state index contributed by atoms with van der Waals surface area (Å²) in [6, 6.07) is 5.96. The molecule has 6 nitrogen and oxygen atoms in total. The van der Waals surface area contributed by atoms with Crippen molar-refractivity contribution in [3.05, 3.63) is 47.3 Å². The number of alkyl halides is 3. The van der Waals surface area contributed by atoms with Crippen molar-refractivity contribution in [2.24, 2.45) is 0 Å². The molecule has 134 valence electrons. The Hall–Kier alpha value is -2.84. The van der Waals surface area contributed by atoms with E-state index in [4.69, 9.17) is 5.11 Å². The quantitative estimate of drug-likeness (QED) is 0.861. The summed E-state index contributed by atoms with van der Waals surface area (Å²) in [5.74, 6) is -2.83. The predicted octanol–water partition coefficient (Wildman–Crippen LogP) is 3.36. The number of aromatic nitrogens is 2. The zero-order valence-corrected chi connectivity index (χ0v) is 13.5. The molecule has 1 aromatic carbocycles.